The maximum Gasteiger partial charge on any atom is 0.267 e. The maximum absolute atomic E-state index is 12.0. The molecule has 1 aromatic heterocycles. The number of nitrogens with one attached hydrogen (secondary N) is 2. The molecule has 0 aliphatic rings. The van der Waals surface area contributed by atoms with Crippen molar-refractivity contribution in [2.75, 3.05) is 5.32 Å². The van der Waals surface area contributed by atoms with Gasteiger partial charge in [0.05, 0.1) is 12.2 Å². The molecule has 1 heterocycles. The summed E-state index contributed by atoms with van der Waals surface area (Å²) in [4.78, 5) is 16.1. The molecule has 0 spiro atoms. The van der Waals surface area contributed by atoms with Crippen LogP contribution in [0.4, 0.5) is 5.69 Å². The third-order valence-corrected chi connectivity index (χ3v) is 3.25. The van der Waals surface area contributed by atoms with Gasteiger partial charge in [0.25, 0.3) is 5.91 Å². The smallest absolute Gasteiger partial charge is 0.267 e. The van der Waals surface area contributed by atoms with Crippen molar-refractivity contribution in [3.8, 4) is 6.07 Å². The van der Waals surface area contributed by atoms with Gasteiger partial charge in [0.2, 0.25) is 0 Å². The first kappa shape index (κ1) is 15.7. The van der Waals surface area contributed by atoms with Crippen LogP contribution in [0.25, 0.3) is 0 Å². The van der Waals surface area contributed by atoms with Crippen LogP contribution in [0.1, 0.15) is 5.69 Å². The summed E-state index contributed by atoms with van der Waals surface area (Å²) in [6, 6.07) is 14.5. The molecule has 0 saturated heterocycles. The summed E-state index contributed by atoms with van der Waals surface area (Å²) >= 11 is 3.32. The van der Waals surface area contributed by atoms with Crippen LogP contribution in [0.5, 0.6) is 0 Å². The van der Waals surface area contributed by atoms with E-state index in [0.29, 0.717) is 12.2 Å². The second kappa shape index (κ2) is 7.96. The van der Waals surface area contributed by atoms with E-state index >= 15 is 0 Å². The largest absolute Gasteiger partial charge is 0.384 e. The van der Waals surface area contributed by atoms with Crippen molar-refractivity contribution >= 4 is 27.5 Å². The molecule has 0 radical (unpaired) electrons. The van der Waals surface area contributed by atoms with Crippen LogP contribution in [-0.4, -0.2) is 10.9 Å². The van der Waals surface area contributed by atoms with Crippen molar-refractivity contribution in [2.45, 2.75) is 6.54 Å². The molecule has 0 bridgehead atoms. The molecule has 0 saturated carbocycles. The predicted molar refractivity (Wildman–Crippen MR) is 87.5 cm³/mol. The summed E-state index contributed by atoms with van der Waals surface area (Å²) in [7, 11) is 0. The number of hydrogen-bond donors (Lipinski definition) is 2. The van der Waals surface area contributed by atoms with Crippen LogP contribution in [0.15, 0.2) is 64.9 Å². The molecule has 0 unspecified atom stereocenters. The standard InChI is InChI=1S/C16H13BrN4O/c17-13-4-6-14(7-5-13)21-16(22)12(9-18)10-19-11-15-3-1-2-8-20-15/h1-8,10,19H,11H2,(H,21,22)/b12-10-. The fourth-order valence-corrected chi connectivity index (χ4v) is 1.90. The molecule has 2 rings (SSSR count). The van der Waals surface area contributed by atoms with E-state index in [-0.39, 0.29) is 5.57 Å². The molecule has 0 fully saturated rings. The van der Waals surface area contributed by atoms with Crippen molar-refractivity contribution in [2.24, 2.45) is 0 Å². The molecule has 2 N–H and O–H groups in total. The lowest BCUT2D eigenvalue weighted by atomic mass is 10.2. The number of rotatable bonds is 5. The Kier molecular flexibility index (Phi) is 5.69. The van der Waals surface area contributed by atoms with E-state index in [9.17, 15) is 4.79 Å². The van der Waals surface area contributed by atoms with E-state index in [1.54, 1.807) is 18.3 Å². The number of halogens is 1. The topological polar surface area (TPSA) is 77.8 Å². The Labute approximate surface area is 136 Å². The summed E-state index contributed by atoms with van der Waals surface area (Å²) in [6.45, 7) is 0.442. The molecular formula is C16H13BrN4O. The Bertz CT molecular complexity index is 705. The van der Waals surface area contributed by atoms with Gasteiger partial charge in [-0.05, 0) is 36.4 Å². The van der Waals surface area contributed by atoms with Gasteiger partial charge in [-0.2, -0.15) is 5.26 Å². The molecule has 0 aliphatic carbocycles. The Morgan fingerprint density at radius 3 is 2.68 bits per heavy atom. The van der Waals surface area contributed by atoms with Crippen molar-refractivity contribution in [3.05, 3.63) is 70.6 Å². The van der Waals surface area contributed by atoms with E-state index in [4.69, 9.17) is 5.26 Å². The first-order valence-corrected chi connectivity index (χ1v) is 7.29. The summed E-state index contributed by atoms with van der Waals surface area (Å²) in [5.41, 5.74) is 1.45. The number of hydrogen-bond acceptors (Lipinski definition) is 4. The van der Waals surface area contributed by atoms with Gasteiger partial charge < -0.3 is 10.6 Å². The second-order valence-electron chi connectivity index (χ2n) is 4.33. The van der Waals surface area contributed by atoms with Crippen LogP contribution in [0, 0.1) is 11.3 Å². The number of carbonyl (C=O) groups excluding carboxylic acids is 1. The van der Waals surface area contributed by atoms with Crippen molar-refractivity contribution in [3.63, 3.8) is 0 Å². The number of carbonyl (C=O) groups is 1. The van der Waals surface area contributed by atoms with Crippen LogP contribution < -0.4 is 10.6 Å². The Hall–Kier alpha value is -2.65. The van der Waals surface area contributed by atoms with E-state index < -0.39 is 5.91 Å². The SMILES string of the molecule is N#C/C(=C/NCc1ccccn1)C(=O)Nc1ccc(Br)cc1. The minimum atomic E-state index is -0.460. The van der Waals surface area contributed by atoms with Gasteiger partial charge in [0.1, 0.15) is 11.6 Å². The zero-order chi connectivity index (χ0) is 15.8. The highest BCUT2D eigenvalue weighted by Gasteiger charge is 2.08. The number of anilines is 1. The lowest BCUT2D eigenvalue weighted by Crippen LogP contribution is -2.16. The van der Waals surface area contributed by atoms with Crippen LogP contribution >= 0.6 is 15.9 Å². The zero-order valence-corrected chi connectivity index (χ0v) is 13.2. The van der Waals surface area contributed by atoms with Crippen molar-refractivity contribution in [1.82, 2.24) is 10.3 Å². The minimum Gasteiger partial charge on any atom is -0.384 e. The van der Waals surface area contributed by atoms with Gasteiger partial charge in [-0.3, -0.25) is 9.78 Å². The monoisotopic (exact) mass is 356 g/mol. The first-order valence-electron chi connectivity index (χ1n) is 6.49. The van der Waals surface area contributed by atoms with Gasteiger partial charge in [-0.1, -0.05) is 22.0 Å². The zero-order valence-electron chi connectivity index (χ0n) is 11.6. The van der Waals surface area contributed by atoms with Gasteiger partial charge in [0, 0.05) is 22.6 Å². The predicted octanol–water partition coefficient (Wildman–Crippen LogP) is 2.98. The Balaban J connectivity index is 1.95. The molecule has 0 aliphatic heterocycles. The summed E-state index contributed by atoms with van der Waals surface area (Å²) in [6.07, 6.45) is 3.08. The van der Waals surface area contributed by atoms with E-state index in [1.165, 1.54) is 6.20 Å². The third-order valence-electron chi connectivity index (χ3n) is 2.72. The molecule has 110 valence electrons. The molecule has 2 aromatic rings. The molecule has 5 nitrogen and oxygen atoms in total. The number of nitrogens with zero attached hydrogens (tertiary/aromatic N) is 2. The van der Waals surface area contributed by atoms with Gasteiger partial charge in [-0.15, -0.1) is 0 Å². The van der Waals surface area contributed by atoms with Crippen molar-refractivity contribution in [1.29, 1.82) is 5.26 Å². The Morgan fingerprint density at radius 2 is 2.05 bits per heavy atom. The number of pyridine rings is 1. The number of nitriles is 1. The highest BCUT2D eigenvalue weighted by molar-refractivity contribution is 9.10. The summed E-state index contributed by atoms with van der Waals surface area (Å²) < 4.78 is 0.915. The first-order chi connectivity index (χ1) is 10.7. The van der Waals surface area contributed by atoms with Gasteiger partial charge in [-0.25, -0.2) is 0 Å². The highest BCUT2D eigenvalue weighted by atomic mass is 79.9. The summed E-state index contributed by atoms with van der Waals surface area (Å²) in [5.74, 6) is -0.460. The fraction of sp³-hybridized carbons (Fsp3) is 0.0625. The number of benzene rings is 1. The lowest BCUT2D eigenvalue weighted by Gasteiger charge is -2.05. The quantitative estimate of drug-likeness (QED) is 0.637. The molecule has 0 atom stereocenters. The lowest BCUT2D eigenvalue weighted by molar-refractivity contribution is -0.112. The molecule has 6 heteroatoms. The normalized spacial score (nSPS) is 10.6. The number of aromatic nitrogens is 1. The van der Waals surface area contributed by atoms with Crippen LogP contribution in [0.2, 0.25) is 0 Å². The van der Waals surface area contributed by atoms with Gasteiger partial charge >= 0.3 is 0 Å². The maximum atomic E-state index is 12.0. The fourth-order valence-electron chi connectivity index (χ4n) is 1.64. The molecule has 22 heavy (non-hydrogen) atoms. The Morgan fingerprint density at radius 1 is 1.27 bits per heavy atom. The van der Waals surface area contributed by atoms with E-state index in [0.717, 1.165) is 10.2 Å². The number of amides is 1. The third kappa shape index (κ3) is 4.72. The van der Waals surface area contributed by atoms with Crippen LogP contribution in [-0.2, 0) is 11.3 Å². The molecule has 1 aromatic carbocycles. The van der Waals surface area contributed by atoms with E-state index in [2.05, 4.69) is 31.5 Å². The average Bonchev–Trinajstić information content (AvgIpc) is 2.54. The van der Waals surface area contributed by atoms with Crippen molar-refractivity contribution < 1.29 is 4.79 Å². The highest BCUT2D eigenvalue weighted by Crippen LogP contribution is 2.14. The van der Waals surface area contributed by atoms with E-state index in [1.807, 2.05) is 36.4 Å². The molecular weight excluding hydrogens is 344 g/mol. The van der Waals surface area contributed by atoms with Gasteiger partial charge in [0.15, 0.2) is 0 Å². The molecule has 1 amide bonds. The van der Waals surface area contributed by atoms with Crippen LogP contribution in [0.3, 0.4) is 0 Å². The minimum absolute atomic E-state index is 0.00106. The second-order valence-corrected chi connectivity index (χ2v) is 5.25. The average molecular weight is 357 g/mol. The summed E-state index contributed by atoms with van der Waals surface area (Å²) in [5, 5.41) is 14.6.